The van der Waals surface area contributed by atoms with Gasteiger partial charge >= 0.3 is 0 Å². The lowest BCUT2D eigenvalue weighted by atomic mass is 9.94. The number of rotatable bonds is 10. The molecule has 0 radical (unpaired) electrons. The molecule has 0 amide bonds. The van der Waals surface area contributed by atoms with Crippen molar-refractivity contribution in [1.29, 1.82) is 0 Å². The lowest BCUT2D eigenvalue weighted by Crippen LogP contribution is -2.25. The van der Waals surface area contributed by atoms with Crippen LogP contribution in [0.15, 0.2) is 60.7 Å². The SMILES string of the molecule is COc1cc(Cc2ccc(F)cc2-c2ccc(OCCN3CCCC3)cc2)ccc1CN1CCCC1. The summed E-state index contributed by atoms with van der Waals surface area (Å²) in [4.78, 5) is 4.93. The van der Waals surface area contributed by atoms with Crippen molar-refractivity contribution in [2.24, 2.45) is 0 Å². The number of benzene rings is 3. The van der Waals surface area contributed by atoms with E-state index in [1.807, 2.05) is 30.3 Å². The van der Waals surface area contributed by atoms with E-state index in [0.29, 0.717) is 13.0 Å². The van der Waals surface area contributed by atoms with Crippen LogP contribution in [0.4, 0.5) is 4.39 Å². The van der Waals surface area contributed by atoms with E-state index in [1.165, 1.54) is 44.3 Å². The van der Waals surface area contributed by atoms with E-state index in [4.69, 9.17) is 9.47 Å². The summed E-state index contributed by atoms with van der Waals surface area (Å²) in [5.41, 5.74) is 5.38. The average molecular weight is 489 g/mol. The zero-order chi connectivity index (χ0) is 24.7. The van der Waals surface area contributed by atoms with Gasteiger partial charge in [0.1, 0.15) is 23.9 Å². The Kier molecular flexibility index (Phi) is 8.19. The molecule has 0 N–H and O–H groups in total. The van der Waals surface area contributed by atoms with E-state index in [9.17, 15) is 4.39 Å². The fraction of sp³-hybridized carbons (Fsp3) is 0.419. The lowest BCUT2D eigenvalue weighted by molar-refractivity contribution is 0.238. The normalized spacial score (nSPS) is 16.5. The van der Waals surface area contributed by atoms with Gasteiger partial charge in [0.05, 0.1) is 7.11 Å². The number of ether oxygens (including phenoxy) is 2. The van der Waals surface area contributed by atoms with E-state index in [1.54, 1.807) is 19.2 Å². The van der Waals surface area contributed by atoms with Gasteiger partial charge in [0.2, 0.25) is 0 Å². The molecule has 190 valence electrons. The fourth-order valence-electron chi connectivity index (χ4n) is 5.43. The van der Waals surface area contributed by atoms with Gasteiger partial charge in [0, 0.05) is 18.7 Å². The average Bonchev–Trinajstić information content (AvgIpc) is 3.61. The van der Waals surface area contributed by atoms with Crippen LogP contribution in [0.25, 0.3) is 11.1 Å². The molecular weight excluding hydrogens is 451 g/mol. The van der Waals surface area contributed by atoms with Crippen molar-refractivity contribution in [3.63, 3.8) is 0 Å². The van der Waals surface area contributed by atoms with E-state index < -0.39 is 0 Å². The van der Waals surface area contributed by atoms with Crippen LogP contribution in [-0.4, -0.2) is 56.2 Å². The van der Waals surface area contributed by atoms with E-state index in [2.05, 4.69) is 28.0 Å². The summed E-state index contributed by atoms with van der Waals surface area (Å²) in [7, 11) is 1.74. The molecule has 3 aromatic carbocycles. The minimum Gasteiger partial charge on any atom is -0.496 e. The zero-order valence-corrected chi connectivity index (χ0v) is 21.3. The molecule has 3 aromatic rings. The molecule has 2 fully saturated rings. The summed E-state index contributed by atoms with van der Waals surface area (Å²) >= 11 is 0. The summed E-state index contributed by atoms with van der Waals surface area (Å²) in [6.07, 6.45) is 5.85. The maximum atomic E-state index is 14.3. The quantitative estimate of drug-likeness (QED) is 0.341. The van der Waals surface area contributed by atoms with Crippen LogP contribution in [0, 0.1) is 5.82 Å². The highest BCUT2D eigenvalue weighted by Gasteiger charge is 2.16. The summed E-state index contributed by atoms with van der Waals surface area (Å²) in [5.74, 6) is 1.56. The van der Waals surface area contributed by atoms with Crippen LogP contribution in [-0.2, 0) is 13.0 Å². The predicted octanol–water partition coefficient (Wildman–Crippen LogP) is 6.16. The first kappa shape index (κ1) is 24.8. The fourth-order valence-corrected chi connectivity index (χ4v) is 5.43. The largest absolute Gasteiger partial charge is 0.496 e. The molecule has 2 aliphatic heterocycles. The Morgan fingerprint density at radius 3 is 2.19 bits per heavy atom. The third kappa shape index (κ3) is 6.26. The second-order valence-electron chi connectivity index (χ2n) is 10.0. The van der Waals surface area contributed by atoms with Gasteiger partial charge in [0.25, 0.3) is 0 Å². The van der Waals surface area contributed by atoms with Crippen LogP contribution in [0.2, 0.25) is 0 Å². The highest BCUT2D eigenvalue weighted by atomic mass is 19.1. The number of halogens is 1. The molecule has 5 rings (SSSR count). The zero-order valence-electron chi connectivity index (χ0n) is 21.3. The lowest BCUT2D eigenvalue weighted by Gasteiger charge is -2.18. The van der Waals surface area contributed by atoms with Crippen molar-refractivity contribution in [3.8, 4) is 22.6 Å². The summed E-state index contributed by atoms with van der Waals surface area (Å²) in [6, 6.07) is 19.6. The molecule has 2 aliphatic rings. The van der Waals surface area contributed by atoms with Crippen molar-refractivity contribution in [2.45, 2.75) is 38.6 Å². The van der Waals surface area contributed by atoms with Crippen molar-refractivity contribution in [3.05, 3.63) is 83.2 Å². The first-order chi connectivity index (χ1) is 17.7. The Bertz CT molecular complexity index is 1140. The maximum absolute atomic E-state index is 14.3. The molecule has 2 heterocycles. The van der Waals surface area contributed by atoms with Gasteiger partial charge in [-0.3, -0.25) is 9.80 Å². The third-order valence-electron chi connectivity index (χ3n) is 7.45. The third-order valence-corrected chi connectivity index (χ3v) is 7.45. The van der Waals surface area contributed by atoms with Crippen molar-refractivity contribution < 1.29 is 13.9 Å². The molecule has 0 aliphatic carbocycles. The Morgan fingerprint density at radius 1 is 0.778 bits per heavy atom. The van der Waals surface area contributed by atoms with Crippen molar-refractivity contribution in [1.82, 2.24) is 9.80 Å². The molecule has 0 bridgehead atoms. The van der Waals surface area contributed by atoms with Crippen LogP contribution < -0.4 is 9.47 Å². The van der Waals surface area contributed by atoms with Gasteiger partial charge < -0.3 is 9.47 Å². The predicted molar refractivity (Wildman–Crippen MR) is 143 cm³/mol. The molecule has 2 saturated heterocycles. The summed E-state index contributed by atoms with van der Waals surface area (Å²) in [5, 5.41) is 0. The van der Waals surface area contributed by atoms with Crippen LogP contribution in [0.5, 0.6) is 11.5 Å². The minimum absolute atomic E-state index is 0.224. The van der Waals surface area contributed by atoms with Crippen molar-refractivity contribution in [2.75, 3.05) is 46.4 Å². The first-order valence-electron chi connectivity index (χ1n) is 13.3. The van der Waals surface area contributed by atoms with Gasteiger partial charge in [-0.05, 0) is 111 Å². The molecule has 0 atom stereocenters. The standard InChI is InChI=1S/C31H37FN2O2/c1-35-31-21-24(6-7-27(31)23-34-16-4-5-17-34)20-26-8-11-28(32)22-30(26)25-9-12-29(13-10-25)36-19-18-33-14-2-3-15-33/h6-13,21-22H,2-5,14-20,23H2,1H3. The molecule has 0 saturated carbocycles. The molecule has 4 nitrogen and oxygen atoms in total. The van der Waals surface area contributed by atoms with E-state index in [0.717, 1.165) is 59.9 Å². The Balaban J connectivity index is 1.28. The number of methoxy groups -OCH3 is 1. The molecular formula is C31H37FN2O2. The molecule has 36 heavy (non-hydrogen) atoms. The second kappa shape index (κ2) is 11.9. The van der Waals surface area contributed by atoms with Crippen LogP contribution in [0.3, 0.4) is 0 Å². The second-order valence-corrected chi connectivity index (χ2v) is 10.0. The Labute approximate surface area is 214 Å². The van der Waals surface area contributed by atoms with Gasteiger partial charge in [0.15, 0.2) is 0 Å². The smallest absolute Gasteiger partial charge is 0.123 e. The summed E-state index contributed by atoms with van der Waals surface area (Å²) in [6.45, 7) is 7.27. The van der Waals surface area contributed by atoms with E-state index in [-0.39, 0.29) is 5.82 Å². The highest BCUT2D eigenvalue weighted by molar-refractivity contribution is 5.68. The number of nitrogens with zero attached hydrogens (tertiary/aromatic N) is 2. The first-order valence-corrected chi connectivity index (χ1v) is 13.3. The van der Waals surface area contributed by atoms with Gasteiger partial charge in [-0.1, -0.05) is 30.3 Å². The highest BCUT2D eigenvalue weighted by Crippen LogP contribution is 2.30. The monoisotopic (exact) mass is 488 g/mol. The Morgan fingerprint density at radius 2 is 1.47 bits per heavy atom. The van der Waals surface area contributed by atoms with Crippen LogP contribution in [0.1, 0.15) is 42.4 Å². The molecule has 5 heteroatoms. The minimum atomic E-state index is -0.224. The topological polar surface area (TPSA) is 24.9 Å². The number of hydrogen-bond acceptors (Lipinski definition) is 4. The molecule has 0 aromatic heterocycles. The Hall–Kier alpha value is -2.89. The van der Waals surface area contributed by atoms with Gasteiger partial charge in [-0.15, -0.1) is 0 Å². The maximum Gasteiger partial charge on any atom is 0.123 e. The molecule has 0 unspecified atom stereocenters. The van der Waals surface area contributed by atoms with E-state index >= 15 is 0 Å². The number of likely N-dealkylation sites (tertiary alicyclic amines) is 2. The molecule has 0 spiro atoms. The van der Waals surface area contributed by atoms with Crippen molar-refractivity contribution >= 4 is 0 Å². The van der Waals surface area contributed by atoms with Gasteiger partial charge in [-0.2, -0.15) is 0 Å². The van der Waals surface area contributed by atoms with Gasteiger partial charge in [-0.25, -0.2) is 4.39 Å². The van der Waals surface area contributed by atoms with Crippen LogP contribution >= 0.6 is 0 Å². The summed E-state index contributed by atoms with van der Waals surface area (Å²) < 4.78 is 26.0. The number of hydrogen-bond donors (Lipinski definition) is 0.